The largest absolute Gasteiger partial charge is 0.380 e. The van der Waals surface area contributed by atoms with Crippen molar-refractivity contribution in [3.63, 3.8) is 0 Å². The molecule has 132 valence electrons. The maximum Gasteiger partial charge on any atom is 0.290 e. The summed E-state index contributed by atoms with van der Waals surface area (Å²) < 4.78 is 41.0. The number of hydrogen-bond acceptors (Lipinski definition) is 2. The number of halogens is 3. The average molecular weight is 349 g/mol. The Morgan fingerprint density at radius 1 is 1.12 bits per heavy atom. The zero-order chi connectivity index (χ0) is 18.1. The third kappa shape index (κ3) is 3.69. The maximum atomic E-state index is 14.1. The summed E-state index contributed by atoms with van der Waals surface area (Å²) in [5.41, 5.74) is -1.01. The normalized spacial score (nSPS) is 23.0. The van der Waals surface area contributed by atoms with Crippen molar-refractivity contribution in [3.8, 4) is 0 Å². The molecular formula is C19H18F3NO2. The Morgan fingerprint density at radius 2 is 1.72 bits per heavy atom. The van der Waals surface area contributed by atoms with Crippen molar-refractivity contribution >= 4 is 5.91 Å². The van der Waals surface area contributed by atoms with Crippen LogP contribution in [0, 0.1) is 5.82 Å². The number of hydrogen-bond donors (Lipinski definition) is 2. The fraction of sp³-hybridized carbons (Fsp3) is 0.316. The fourth-order valence-corrected chi connectivity index (χ4v) is 3.05. The topological polar surface area (TPSA) is 49.3 Å². The molecule has 0 atom stereocenters. The Kier molecular flexibility index (Phi) is 4.56. The summed E-state index contributed by atoms with van der Waals surface area (Å²) in [7, 11) is 0. The van der Waals surface area contributed by atoms with E-state index < -0.39 is 35.4 Å². The summed E-state index contributed by atoms with van der Waals surface area (Å²) in [6.07, 6.45) is 0.399. The lowest BCUT2D eigenvalue weighted by Crippen LogP contribution is -2.56. The monoisotopic (exact) mass is 349 g/mol. The van der Waals surface area contributed by atoms with Gasteiger partial charge in [-0.3, -0.25) is 4.79 Å². The van der Waals surface area contributed by atoms with Crippen LogP contribution in [0.25, 0.3) is 0 Å². The number of carbonyl (C=O) groups excluding carboxylic acids is 1. The van der Waals surface area contributed by atoms with Gasteiger partial charge < -0.3 is 10.4 Å². The fourth-order valence-electron chi connectivity index (χ4n) is 3.05. The summed E-state index contributed by atoms with van der Waals surface area (Å²) >= 11 is 0. The molecule has 0 heterocycles. The number of alkyl halides is 2. The van der Waals surface area contributed by atoms with E-state index in [9.17, 15) is 23.1 Å². The van der Waals surface area contributed by atoms with Crippen LogP contribution in [0.4, 0.5) is 13.2 Å². The van der Waals surface area contributed by atoms with Crippen LogP contribution in [0.15, 0.2) is 54.6 Å². The molecule has 1 amide bonds. The molecule has 6 heteroatoms. The molecule has 25 heavy (non-hydrogen) atoms. The second-order valence-electron chi connectivity index (χ2n) is 6.44. The molecule has 0 aliphatic heterocycles. The van der Waals surface area contributed by atoms with Crippen molar-refractivity contribution in [1.29, 1.82) is 0 Å². The lowest BCUT2D eigenvalue weighted by atomic mass is 9.67. The summed E-state index contributed by atoms with van der Waals surface area (Å²) in [5.74, 6) is -4.72. The van der Waals surface area contributed by atoms with Crippen molar-refractivity contribution in [3.05, 3.63) is 71.5 Å². The number of aliphatic hydroxyl groups is 1. The summed E-state index contributed by atoms with van der Waals surface area (Å²) in [6.45, 7) is -0.949. The van der Waals surface area contributed by atoms with E-state index in [1.807, 2.05) is 30.3 Å². The van der Waals surface area contributed by atoms with Crippen molar-refractivity contribution in [2.75, 3.05) is 6.54 Å². The predicted octanol–water partition coefficient (Wildman–Crippen LogP) is 3.34. The highest BCUT2D eigenvalue weighted by Gasteiger charge is 2.49. The van der Waals surface area contributed by atoms with E-state index in [1.165, 1.54) is 0 Å². The average Bonchev–Trinajstić information content (AvgIpc) is 2.58. The van der Waals surface area contributed by atoms with Crippen LogP contribution in [0.2, 0.25) is 0 Å². The van der Waals surface area contributed by atoms with Crippen LogP contribution in [0.5, 0.6) is 0 Å². The molecule has 0 spiro atoms. The maximum absolute atomic E-state index is 14.1. The Morgan fingerprint density at radius 3 is 2.32 bits per heavy atom. The van der Waals surface area contributed by atoms with Crippen molar-refractivity contribution < 1.29 is 23.1 Å². The zero-order valence-corrected chi connectivity index (χ0v) is 13.4. The highest BCUT2D eigenvalue weighted by molar-refractivity contribution is 5.86. The minimum Gasteiger partial charge on any atom is -0.380 e. The second-order valence-corrected chi connectivity index (χ2v) is 6.44. The number of rotatable bonds is 5. The first-order valence-corrected chi connectivity index (χ1v) is 8.00. The van der Waals surface area contributed by atoms with E-state index >= 15 is 0 Å². The van der Waals surface area contributed by atoms with Gasteiger partial charge in [-0.1, -0.05) is 42.5 Å². The lowest BCUT2D eigenvalue weighted by molar-refractivity contribution is -0.152. The van der Waals surface area contributed by atoms with Crippen LogP contribution in [0.3, 0.4) is 0 Å². The van der Waals surface area contributed by atoms with Gasteiger partial charge in [-0.05, 0) is 36.5 Å². The van der Waals surface area contributed by atoms with Gasteiger partial charge >= 0.3 is 0 Å². The highest BCUT2D eigenvalue weighted by Crippen LogP contribution is 2.44. The molecular weight excluding hydrogens is 331 g/mol. The van der Waals surface area contributed by atoms with E-state index in [0.717, 1.165) is 29.8 Å². The first-order valence-electron chi connectivity index (χ1n) is 8.00. The van der Waals surface area contributed by atoms with Gasteiger partial charge in [-0.2, -0.15) is 8.78 Å². The van der Waals surface area contributed by atoms with Gasteiger partial charge in [-0.15, -0.1) is 0 Å². The van der Waals surface area contributed by atoms with Gasteiger partial charge in [-0.25, -0.2) is 4.39 Å². The second kappa shape index (κ2) is 6.52. The summed E-state index contributed by atoms with van der Waals surface area (Å²) in [6, 6.07) is 13.3. The third-order valence-electron chi connectivity index (χ3n) is 4.60. The summed E-state index contributed by atoms with van der Waals surface area (Å²) in [4.78, 5) is 12.1. The van der Waals surface area contributed by atoms with Gasteiger partial charge in [0.1, 0.15) is 11.4 Å². The van der Waals surface area contributed by atoms with E-state index in [-0.39, 0.29) is 18.8 Å². The molecule has 2 N–H and O–H groups in total. The number of amides is 1. The molecule has 0 aromatic heterocycles. The van der Waals surface area contributed by atoms with Gasteiger partial charge in [0.15, 0.2) is 0 Å². The molecule has 2 aromatic rings. The Balaban J connectivity index is 1.57. The Bertz CT molecular complexity index is 741. The van der Waals surface area contributed by atoms with E-state index in [2.05, 4.69) is 5.32 Å². The van der Waals surface area contributed by atoms with Gasteiger partial charge in [0.05, 0.1) is 6.54 Å². The molecule has 1 aliphatic carbocycles. The predicted molar refractivity (Wildman–Crippen MR) is 86.7 cm³/mol. The van der Waals surface area contributed by atoms with Crippen LogP contribution >= 0.6 is 0 Å². The summed E-state index contributed by atoms with van der Waals surface area (Å²) in [5, 5.41) is 12.4. The Labute approximate surface area is 143 Å². The zero-order valence-electron chi connectivity index (χ0n) is 13.4. The molecule has 0 saturated heterocycles. The standard InChI is InChI=1S/C19H18F3NO2/c20-16-8-6-15(7-9-16)19(21,22)12-23-17(24)18(25)10-14(11-18)13-4-2-1-3-5-13/h1-9,14,25H,10-12H2,(H,23,24). The van der Waals surface area contributed by atoms with Crippen LogP contribution < -0.4 is 5.32 Å². The molecule has 0 unspecified atom stereocenters. The molecule has 0 radical (unpaired) electrons. The van der Waals surface area contributed by atoms with Crippen LogP contribution in [-0.2, 0) is 10.7 Å². The third-order valence-corrected chi connectivity index (χ3v) is 4.60. The number of nitrogens with one attached hydrogen (secondary N) is 1. The van der Waals surface area contributed by atoms with Gasteiger partial charge in [0.25, 0.3) is 11.8 Å². The van der Waals surface area contributed by atoms with Crippen LogP contribution in [0.1, 0.15) is 29.9 Å². The van der Waals surface area contributed by atoms with E-state index in [1.54, 1.807) is 0 Å². The number of carbonyl (C=O) groups is 1. The van der Waals surface area contributed by atoms with E-state index in [4.69, 9.17) is 0 Å². The molecule has 2 aromatic carbocycles. The van der Waals surface area contributed by atoms with Crippen LogP contribution in [-0.4, -0.2) is 23.2 Å². The number of benzene rings is 2. The van der Waals surface area contributed by atoms with Crippen molar-refractivity contribution in [1.82, 2.24) is 5.32 Å². The first kappa shape index (κ1) is 17.5. The highest BCUT2D eigenvalue weighted by atomic mass is 19.3. The van der Waals surface area contributed by atoms with Gasteiger partial charge in [0.2, 0.25) is 0 Å². The van der Waals surface area contributed by atoms with Gasteiger partial charge in [0, 0.05) is 5.56 Å². The molecule has 1 saturated carbocycles. The lowest BCUT2D eigenvalue weighted by Gasteiger charge is -2.42. The smallest absolute Gasteiger partial charge is 0.290 e. The molecule has 1 aliphatic rings. The van der Waals surface area contributed by atoms with E-state index in [0.29, 0.717) is 0 Å². The van der Waals surface area contributed by atoms with Crippen molar-refractivity contribution in [2.24, 2.45) is 0 Å². The minimum absolute atomic E-state index is 0.0366. The quantitative estimate of drug-likeness (QED) is 0.870. The SMILES string of the molecule is O=C(NCC(F)(F)c1ccc(F)cc1)C1(O)CC(c2ccccc2)C1. The first-order chi connectivity index (χ1) is 11.8. The van der Waals surface area contributed by atoms with Crippen molar-refractivity contribution in [2.45, 2.75) is 30.3 Å². The molecule has 0 bridgehead atoms. The minimum atomic E-state index is -3.34. The molecule has 3 nitrogen and oxygen atoms in total. The Hall–Kier alpha value is -2.34. The molecule has 1 fully saturated rings. The molecule has 3 rings (SSSR count).